The van der Waals surface area contributed by atoms with Crippen molar-refractivity contribution < 1.29 is 19.2 Å². The van der Waals surface area contributed by atoms with E-state index in [2.05, 4.69) is 20.4 Å². The molecule has 2 amide bonds. The van der Waals surface area contributed by atoms with Gasteiger partial charge in [0, 0.05) is 42.2 Å². The fourth-order valence-electron chi connectivity index (χ4n) is 2.65. The summed E-state index contributed by atoms with van der Waals surface area (Å²) in [6, 6.07) is 5.68. The summed E-state index contributed by atoms with van der Waals surface area (Å²) in [7, 11) is 1.29. The van der Waals surface area contributed by atoms with Gasteiger partial charge in [-0.05, 0) is 12.1 Å². The van der Waals surface area contributed by atoms with Crippen molar-refractivity contribution in [1.82, 2.24) is 9.88 Å². The van der Waals surface area contributed by atoms with Crippen LogP contribution in [0.5, 0.6) is 0 Å². The lowest BCUT2D eigenvalue weighted by Gasteiger charge is -2.25. The molecule has 1 aliphatic heterocycles. The van der Waals surface area contributed by atoms with Crippen LogP contribution in [0, 0.1) is 10.1 Å². The second-order valence-corrected chi connectivity index (χ2v) is 6.90. The number of rotatable bonds is 5. The van der Waals surface area contributed by atoms with Gasteiger partial charge in [-0.3, -0.25) is 25.1 Å². The summed E-state index contributed by atoms with van der Waals surface area (Å²) in [5, 5.41) is 16.4. The van der Waals surface area contributed by atoms with Crippen LogP contribution in [0.15, 0.2) is 24.3 Å². The highest BCUT2D eigenvalue weighted by atomic mass is 32.1. The lowest BCUT2D eigenvalue weighted by Crippen LogP contribution is -2.36. The van der Waals surface area contributed by atoms with Crippen molar-refractivity contribution in [1.29, 1.82) is 0 Å². The molecule has 0 bridgehead atoms. The molecule has 142 valence electrons. The number of non-ortho nitro benzene ring substituents is 1. The predicted molar refractivity (Wildman–Crippen MR) is 98.8 cm³/mol. The molecule has 2 N–H and O–H groups in total. The quantitative estimate of drug-likeness (QED) is 0.591. The van der Waals surface area contributed by atoms with Gasteiger partial charge in [0.2, 0.25) is 5.91 Å². The molecule has 10 nitrogen and oxygen atoms in total. The molecule has 2 heterocycles. The highest BCUT2D eigenvalue weighted by Gasteiger charge is 2.23. The minimum atomic E-state index is -0.569. The lowest BCUT2D eigenvalue weighted by atomic mass is 10.2. The first kappa shape index (κ1) is 18.7. The number of anilines is 2. The molecule has 0 spiro atoms. The van der Waals surface area contributed by atoms with E-state index >= 15 is 0 Å². The number of thiazole rings is 1. The Balaban J connectivity index is 1.55. The predicted octanol–water partition coefficient (Wildman–Crippen LogP) is 2.23. The summed E-state index contributed by atoms with van der Waals surface area (Å²) in [6.07, 6.45) is 0.111. The van der Waals surface area contributed by atoms with E-state index in [0.29, 0.717) is 30.3 Å². The summed E-state index contributed by atoms with van der Waals surface area (Å²) >= 11 is 1.36. The molecule has 1 aromatic heterocycles. The Morgan fingerprint density at radius 3 is 2.74 bits per heavy atom. The third-order valence-electron chi connectivity index (χ3n) is 3.93. The fourth-order valence-corrected chi connectivity index (χ4v) is 3.68. The van der Waals surface area contributed by atoms with E-state index in [1.54, 1.807) is 0 Å². The molecule has 1 aliphatic rings. The number of ether oxygens (including phenoxy) is 1. The zero-order valence-corrected chi connectivity index (χ0v) is 15.2. The number of methoxy groups -OCH3 is 1. The van der Waals surface area contributed by atoms with E-state index in [9.17, 15) is 19.7 Å². The van der Waals surface area contributed by atoms with Gasteiger partial charge in [0.1, 0.15) is 0 Å². The third kappa shape index (κ3) is 4.77. The van der Waals surface area contributed by atoms with Crippen molar-refractivity contribution in [2.75, 3.05) is 30.8 Å². The number of aromatic nitrogens is 1. The first-order valence-electron chi connectivity index (χ1n) is 8.05. The molecule has 3 rings (SSSR count). The number of benzene rings is 1. The Hall–Kier alpha value is -3.05. The van der Waals surface area contributed by atoms with Crippen molar-refractivity contribution in [2.24, 2.45) is 0 Å². The molecule has 0 unspecified atom stereocenters. The first-order valence-corrected chi connectivity index (χ1v) is 8.86. The molecular weight excluding hydrogens is 374 g/mol. The Morgan fingerprint density at radius 2 is 2.07 bits per heavy atom. The molecule has 0 fully saturated rings. The van der Waals surface area contributed by atoms with Crippen LogP contribution >= 0.6 is 11.3 Å². The Morgan fingerprint density at radius 1 is 1.33 bits per heavy atom. The van der Waals surface area contributed by atoms with Gasteiger partial charge in [0.05, 0.1) is 24.3 Å². The number of amides is 2. The number of fused-ring (bicyclic) bond motifs is 1. The summed E-state index contributed by atoms with van der Waals surface area (Å²) in [5.41, 5.74) is 1.39. The van der Waals surface area contributed by atoms with Crippen molar-refractivity contribution >= 4 is 39.8 Å². The number of nitrogens with zero attached hydrogens (tertiary/aromatic N) is 3. The zero-order valence-electron chi connectivity index (χ0n) is 14.4. The number of carbonyl (C=O) groups is 2. The van der Waals surface area contributed by atoms with Crippen molar-refractivity contribution in [3.8, 4) is 0 Å². The molecule has 1 aromatic carbocycles. The summed E-state index contributed by atoms with van der Waals surface area (Å²) < 4.78 is 4.55. The van der Waals surface area contributed by atoms with E-state index in [1.165, 1.54) is 42.7 Å². The lowest BCUT2D eigenvalue weighted by molar-refractivity contribution is -0.384. The molecular formula is C16H17N5O5S. The SMILES string of the molecule is COC(=O)Nc1nc2c(s1)CN(CC(=O)Nc1ccc([N+](=O)[O-])cc1)CC2. The number of hydrogen-bond acceptors (Lipinski definition) is 8. The van der Waals surface area contributed by atoms with Gasteiger partial charge in [0.25, 0.3) is 5.69 Å². The van der Waals surface area contributed by atoms with Crippen LogP contribution in [-0.4, -0.2) is 47.0 Å². The van der Waals surface area contributed by atoms with Crippen LogP contribution in [-0.2, 0) is 22.5 Å². The fraction of sp³-hybridized carbons (Fsp3) is 0.312. The highest BCUT2D eigenvalue weighted by Crippen LogP contribution is 2.28. The number of carbonyl (C=O) groups excluding carboxylic acids is 2. The number of nitrogens with one attached hydrogen (secondary N) is 2. The molecule has 0 saturated heterocycles. The van der Waals surface area contributed by atoms with Crippen molar-refractivity contribution in [2.45, 2.75) is 13.0 Å². The van der Waals surface area contributed by atoms with Gasteiger partial charge in [0.15, 0.2) is 5.13 Å². The topological polar surface area (TPSA) is 127 Å². The van der Waals surface area contributed by atoms with E-state index < -0.39 is 11.0 Å². The maximum absolute atomic E-state index is 12.2. The number of hydrogen-bond donors (Lipinski definition) is 2. The van der Waals surface area contributed by atoms with E-state index in [1.807, 2.05) is 4.90 Å². The van der Waals surface area contributed by atoms with Crippen LogP contribution < -0.4 is 10.6 Å². The van der Waals surface area contributed by atoms with Crippen LogP contribution in [0.1, 0.15) is 10.6 Å². The van der Waals surface area contributed by atoms with E-state index in [0.717, 1.165) is 10.6 Å². The van der Waals surface area contributed by atoms with Crippen LogP contribution in [0.3, 0.4) is 0 Å². The molecule has 0 radical (unpaired) electrons. The Kier molecular flexibility index (Phi) is 5.62. The average Bonchev–Trinajstić information content (AvgIpc) is 3.03. The average molecular weight is 391 g/mol. The van der Waals surface area contributed by atoms with Crippen molar-refractivity contribution in [3.63, 3.8) is 0 Å². The standard InChI is InChI=1S/C16H17N5O5S/c1-26-16(23)19-15-18-12-6-7-20(8-13(12)27-15)9-14(22)17-10-2-4-11(5-3-10)21(24)25/h2-5H,6-9H2,1H3,(H,17,22)(H,18,19,23). The molecule has 0 aliphatic carbocycles. The second-order valence-electron chi connectivity index (χ2n) is 5.82. The second kappa shape index (κ2) is 8.10. The van der Waals surface area contributed by atoms with Gasteiger partial charge in [-0.1, -0.05) is 11.3 Å². The van der Waals surface area contributed by atoms with Gasteiger partial charge in [-0.15, -0.1) is 0 Å². The van der Waals surface area contributed by atoms with Gasteiger partial charge >= 0.3 is 6.09 Å². The maximum Gasteiger partial charge on any atom is 0.413 e. The minimum Gasteiger partial charge on any atom is -0.453 e. The zero-order chi connectivity index (χ0) is 19.4. The van der Waals surface area contributed by atoms with E-state index in [-0.39, 0.29) is 18.1 Å². The third-order valence-corrected chi connectivity index (χ3v) is 4.93. The highest BCUT2D eigenvalue weighted by molar-refractivity contribution is 7.15. The van der Waals surface area contributed by atoms with Crippen LogP contribution in [0.2, 0.25) is 0 Å². The largest absolute Gasteiger partial charge is 0.453 e. The Labute approximate surface area is 158 Å². The maximum atomic E-state index is 12.2. The molecule has 11 heteroatoms. The minimum absolute atomic E-state index is 0.0295. The first-order chi connectivity index (χ1) is 12.9. The summed E-state index contributed by atoms with van der Waals surface area (Å²) in [4.78, 5) is 41.0. The molecule has 2 aromatic rings. The van der Waals surface area contributed by atoms with Crippen LogP contribution in [0.25, 0.3) is 0 Å². The van der Waals surface area contributed by atoms with Gasteiger partial charge in [-0.2, -0.15) is 0 Å². The van der Waals surface area contributed by atoms with Gasteiger partial charge < -0.3 is 10.1 Å². The number of nitro benzene ring substituents is 1. The van der Waals surface area contributed by atoms with Gasteiger partial charge in [-0.25, -0.2) is 9.78 Å². The summed E-state index contributed by atoms with van der Waals surface area (Å²) in [5.74, 6) is -0.204. The van der Waals surface area contributed by atoms with Crippen LogP contribution in [0.4, 0.5) is 21.3 Å². The molecule has 27 heavy (non-hydrogen) atoms. The van der Waals surface area contributed by atoms with E-state index in [4.69, 9.17) is 0 Å². The normalized spacial score (nSPS) is 13.5. The Bertz CT molecular complexity index is 867. The molecule has 0 atom stereocenters. The van der Waals surface area contributed by atoms with Crippen molar-refractivity contribution in [3.05, 3.63) is 45.0 Å². The summed E-state index contributed by atoms with van der Waals surface area (Å²) in [6.45, 7) is 1.42. The molecule has 0 saturated carbocycles. The monoisotopic (exact) mass is 391 g/mol. The smallest absolute Gasteiger partial charge is 0.413 e. The number of nitro groups is 1.